The topological polar surface area (TPSA) is 88.0 Å². The van der Waals surface area contributed by atoms with E-state index < -0.39 is 5.54 Å². The molecular formula is C15H24ClN5O2. The van der Waals surface area contributed by atoms with E-state index in [0.717, 1.165) is 38.6 Å². The van der Waals surface area contributed by atoms with Gasteiger partial charge in [0.25, 0.3) is 0 Å². The number of carbonyl (C=O) groups is 2. The molecule has 2 fully saturated rings. The average Bonchev–Trinajstić information content (AvgIpc) is 3.01. The van der Waals surface area contributed by atoms with E-state index in [4.69, 9.17) is 0 Å². The Kier molecular flexibility index (Phi) is 5.64. The molecule has 1 atom stereocenters. The molecule has 0 spiro atoms. The zero-order chi connectivity index (χ0) is 15.6. The van der Waals surface area contributed by atoms with Crippen molar-refractivity contribution in [3.63, 3.8) is 0 Å². The number of carbonyl (C=O) groups excluding carboxylic acids is 2. The average molecular weight is 342 g/mol. The second kappa shape index (κ2) is 7.31. The van der Waals surface area contributed by atoms with Crippen LogP contribution in [-0.2, 0) is 16.1 Å². The highest BCUT2D eigenvalue weighted by Crippen LogP contribution is 2.24. The Labute approximate surface area is 142 Å². The maximum absolute atomic E-state index is 12.5. The molecule has 8 heteroatoms. The van der Waals surface area contributed by atoms with Crippen molar-refractivity contribution in [2.45, 2.75) is 57.2 Å². The van der Waals surface area contributed by atoms with Gasteiger partial charge in [0.1, 0.15) is 6.54 Å². The summed E-state index contributed by atoms with van der Waals surface area (Å²) in [6, 6.07) is 0.347. The maximum atomic E-state index is 12.5. The third-order valence-electron chi connectivity index (χ3n) is 4.42. The Hall–Kier alpha value is -1.60. The predicted octanol–water partition coefficient (Wildman–Crippen LogP) is 1.05. The van der Waals surface area contributed by atoms with Crippen molar-refractivity contribution in [2.75, 3.05) is 11.9 Å². The number of rotatable bonds is 6. The van der Waals surface area contributed by atoms with Crippen molar-refractivity contribution in [3.05, 3.63) is 12.4 Å². The fourth-order valence-corrected chi connectivity index (χ4v) is 2.88. The minimum Gasteiger partial charge on any atom is -0.352 e. The molecule has 1 saturated carbocycles. The van der Waals surface area contributed by atoms with Crippen LogP contribution in [0.1, 0.15) is 39.0 Å². The van der Waals surface area contributed by atoms with E-state index in [-0.39, 0.29) is 30.8 Å². The number of anilines is 1. The van der Waals surface area contributed by atoms with Crippen molar-refractivity contribution in [2.24, 2.45) is 0 Å². The van der Waals surface area contributed by atoms with Crippen molar-refractivity contribution in [1.82, 2.24) is 20.4 Å². The Balaban J connectivity index is 0.00000192. The van der Waals surface area contributed by atoms with Crippen LogP contribution in [0.2, 0.25) is 0 Å². The van der Waals surface area contributed by atoms with Crippen LogP contribution in [0.3, 0.4) is 0 Å². The molecule has 2 amide bonds. The minimum atomic E-state index is -0.467. The highest BCUT2D eigenvalue weighted by Gasteiger charge is 2.39. The first-order valence-corrected chi connectivity index (χ1v) is 7.99. The van der Waals surface area contributed by atoms with E-state index in [2.05, 4.69) is 21.0 Å². The Bertz CT molecular complexity index is 564. The van der Waals surface area contributed by atoms with Gasteiger partial charge in [0.15, 0.2) is 0 Å². The lowest BCUT2D eigenvalue weighted by atomic mass is 9.93. The van der Waals surface area contributed by atoms with Gasteiger partial charge in [0.2, 0.25) is 11.8 Å². The second-order valence-corrected chi connectivity index (χ2v) is 6.19. The van der Waals surface area contributed by atoms with E-state index in [1.54, 1.807) is 17.1 Å². The number of halogens is 1. The van der Waals surface area contributed by atoms with Gasteiger partial charge < -0.3 is 16.0 Å². The van der Waals surface area contributed by atoms with E-state index in [1.165, 1.54) is 0 Å². The molecule has 1 aromatic heterocycles. The quantitative estimate of drug-likeness (QED) is 0.721. The zero-order valence-electron chi connectivity index (χ0n) is 13.3. The summed E-state index contributed by atoms with van der Waals surface area (Å²) in [5.41, 5.74) is 0.164. The van der Waals surface area contributed by atoms with E-state index in [0.29, 0.717) is 11.7 Å². The van der Waals surface area contributed by atoms with Gasteiger partial charge in [-0.3, -0.25) is 14.3 Å². The molecule has 1 aromatic rings. The van der Waals surface area contributed by atoms with Crippen LogP contribution < -0.4 is 16.0 Å². The van der Waals surface area contributed by atoms with Crippen molar-refractivity contribution >= 4 is 29.9 Å². The van der Waals surface area contributed by atoms with Crippen LogP contribution in [0, 0.1) is 0 Å². The third-order valence-corrected chi connectivity index (χ3v) is 4.42. The zero-order valence-corrected chi connectivity index (χ0v) is 14.1. The number of amides is 2. The highest BCUT2D eigenvalue weighted by atomic mass is 35.5. The van der Waals surface area contributed by atoms with Crippen LogP contribution >= 0.6 is 12.4 Å². The van der Waals surface area contributed by atoms with Gasteiger partial charge in [0, 0.05) is 12.2 Å². The summed E-state index contributed by atoms with van der Waals surface area (Å²) >= 11 is 0. The van der Waals surface area contributed by atoms with Gasteiger partial charge in [-0.25, -0.2) is 0 Å². The van der Waals surface area contributed by atoms with E-state index in [9.17, 15) is 9.59 Å². The van der Waals surface area contributed by atoms with Crippen LogP contribution in [0.4, 0.5) is 5.69 Å². The number of hydrogen-bond acceptors (Lipinski definition) is 4. The molecule has 1 unspecified atom stereocenters. The maximum Gasteiger partial charge on any atom is 0.244 e. The first-order chi connectivity index (χ1) is 10.6. The summed E-state index contributed by atoms with van der Waals surface area (Å²) in [6.45, 7) is 3.08. The van der Waals surface area contributed by atoms with E-state index >= 15 is 0 Å². The normalized spacial score (nSPS) is 23.2. The Morgan fingerprint density at radius 3 is 2.87 bits per heavy atom. The SMILES string of the molecule is CCC1(C(=O)Nc2cnn(CC(=O)NC3CC3)c2)CCCN1.Cl. The number of aromatic nitrogens is 2. The Morgan fingerprint density at radius 2 is 2.26 bits per heavy atom. The van der Waals surface area contributed by atoms with Crippen LogP contribution in [0.15, 0.2) is 12.4 Å². The van der Waals surface area contributed by atoms with Gasteiger partial charge in [-0.15, -0.1) is 12.4 Å². The fourth-order valence-electron chi connectivity index (χ4n) is 2.88. The largest absolute Gasteiger partial charge is 0.352 e. The number of nitrogens with zero attached hydrogens (tertiary/aromatic N) is 2. The van der Waals surface area contributed by atoms with Crippen molar-refractivity contribution < 1.29 is 9.59 Å². The lowest BCUT2D eigenvalue weighted by Gasteiger charge is -2.26. The first kappa shape index (κ1) is 17.7. The third kappa shape index (κ3) is 4.23. The smallest absolute Gasteiger partial charge is 0.244 e. The summed E-state index contributed by atoms with van der Waals surface area (Å²) in [5.74, 6) is -0.0551. The summed E-state index contributed by atoms with van der Waals surface area (Å²) < 4.78 is 1.55. The fraction of sp³-hybridized carbons (Fsp3) is 0.667. The molecule has 0 bridgehead atoms. The molecule has 3 rings (SSSR count). The molecule has 1 aliphatic heterocycles. The summed E-state index contributed by atoms with van der Waals surface area (Å²) in [4.78, 5) is 24.2. The summed E-state index contributed by atoms with van der Waals surface area (Å²) in [7, 11) is 0. The molecule has 7 nitrogen and oxygen atoms in total. The molecule has 23 heavy (non-hydrogen) atoms. The van der Waals surface area contributed by atoms with Gasteiger partial charge in [-0.1, -0.05) is 6.92 Å². The minimum absolute atomic E-state index is 0. The molecule has 1 saturated heterocycles. The molecule has 2 aliphatic rings. The molecule has 3 N–H and O–H groups in total. The summed E-state index contributed by atoms with van der Waals surface area (Å²) in [6.07, 6.45) is 8.05. The first-order valence-electron chi connectivity index (χ1n) is 7.99. The van der Waals surface area contributed by atoms with Crippen molar-refractivity contribution in [3.8, 4) is 0 Å². The Morgan fingerprint density at radius 1 is 1.48 bits per heavy atom. The standard InChI is InChI=1S/C15H23N5O2.ClH/c1-2-15(6-3-7-16-15)14(22)19-12-8-17-20(9-12)10-13(21)18-11-4-5-11;/h8-9,11,16H,2-7,10H2,1H3,(H,18,21)(H,19,22);1H. The van der Waals surface area contributed by atoms with Crippen molar-refractivity contribution in [1.29, 1.82) is 0 Å². The molecular weight excluding hydrogens is 318 g/mol. The second-order valence-electron chi connectivity index (χ2n) is 6.19. The van der Waals surface area contributed by atoms with Crippen LogP contribution in [0.25, 0.3) is 0 Å². The molecule has 1 aliphatic carbocycles. The van der Waals surface area contributed by atoms with Gasteiger partial charge >= 0.3 is 0 Å². The van der Waals surface area contributed by atoms with Gasteiger partial charge in [-0.05, 0) is 38.6 Å². The van der Waals surface area contributed by atoms with Gasteiger partial charge in [-0.2, -0.15) is 5.10 Å². The van der Waals surface area contributed by atoms with Crippen LogP contribution in [0.5, 0.6) is 0 Å². The highest BCUT2D eigenvalue weighted by molar-refractivity contribution is 5.98. The monoisotopic (exact) mass is 341 g/mol. The lowest BCUT2D eigenvalue weighted by Crippen LogP contribution is -2.50. The predicted molar refractivity (Wildman–Crippen MR) is 89.5 cm³/mol. The lowest BCUT2D eigenvalue weighted by molar-refractivity contribution is -0.122. The molecule has 0 aromatic carbocycles. The van der Waals surface area contributed by atoms with E-state index in [1.807, 2.05) is 6.92 Å². The number of nitrogens with one attached hydrogen (secondary N) is 3. The molecule has 2 heterocycles. The number of hydrogen-bond donors (Lipinski definition) is 3. The molecule has 128 valence electrons. The summed E-state index contributed by atoms with van der Waals surface area (Å²) in [5, 5.41) is 13.3. The van der Waals surface area contributed by atoms with Gasteiger partial charge in [0.05, 0.1) is 17.4 Å². The molecule has 0 radical (unpaired) electrons. The van der Waals surface area contributed by atoms with Crippen LogP contribution in [-0.4, -0.2) is 39.7 Å².